The Hall–Kier alpha value is -3.66. The number of H-pyrrole nitrogens is 1. The van der Waals surface area contributed by atoms with E-state index in [9.17, 15) is 5.26 Å². The average Bonchev–Trinajstić information content (AvgIpc) is 3.51. The van der Waals surface area contributed by atoms with Gasteiger partial charge in [-0.25, -0.2) is 4.98 Å². The fourth-order valence-corrected chi connectivity index (χ4v) is 4.90. The number of hydrogen-bond acceptors (Lipinski definition) is 5. The van der Waals surface area contributed by atoms with Gasteiger partial charge in [0.2, 0.25) is 0 Å². The number of aryl methyl sites for hydroxylation is 1. The SMILES string of the molecule is COc1cc2[nH]nc(-c3cnn(C4(C#N)CCC4)c3)c2nc1-c1cccc2c1CCC2. The van der Waals surface area contributed by atoms with Crippen molar-refractivity contribution >= 4 is 11.0 Å². The lowest BCUT2D eigenvalue weighted by atomic mass is 9.78. The molecule has 1 aromatic carbocycles. The van der Waals surface area contributed by atoms with E-state index < -0.39 is 5.54 Å². The number of ether oxygens (including phenoxy) is 1. The maximum absolute atomic E-state index is 9.64. The fraction of sp³-hybridized carbons (Fsp3) is 0.333. The molecule has 6 rings (SSSR count). The lowest BCUT2D eigenvalue weighted by Crippen LogP contribution is -2.39. The van der Waals surface area contributed by atoms with E-state index in [4.69, 9.17) is 9.72 Å². The van der Waals surface area contributed by atoms with E-state index in [0.29, 0.717) is 0 Å². The molecular weight excluding hydrogens is 388 g/mol. The maximum atomic E-state index is 9.64. The maximum Gasteiger partial charge on any atom is 0.148 e. The van der Waals surface area contributed by atoms with E-state index in [1.165, 1.54) is 17.5 Å². The van der Waals surface area contributed by atoms with Crippen molar-refractivity contribution in [2.75, 3.05) is 7.11 Å². The lowest BCUT2D eigenvalue weighted by molar-refractivity contribution is 0.197. The van der Waals surface area contributed by atoms with Crippen LogP contribution in [0.25, 0.3) is 33.5 Å². The molecule has 0 bridgehead atoms. The van der Waals surface area contributed by atoms with E-state index in [-0.39, 0.29) is 0 Å². The van der Waals surface area contributed by atoms with Gasteiger partial charge in [0.15, 0.2) is 0 Å². The van der Waals surface area contributed by atoms with Gasteiger partial charge in [-0.05, 0) is 49.7 Å². The summed E-state index contributed by atoms with van der Waals surface area (Å²) >= 11 is 0. The molecule has 4 aromatic rings. The number of benzene rings is 1. The van der Waals surface area contributed by atoms with Crippen LogP contribution in [-0.2, 0) is 18.4 Å². The largest absolute Gasteiger partial charge is 0.494 e. The molecule has 0 amide bonds. The number of rotatable bonds is 4. The van der Waals surface area contributed by atoms with Gasteiger partial charge in [-0.3, -0.25) is 9.78 Å². The van der Waals surface area contributed by atoms with E-state index in [2.05, 4.69) is 39.6 Å². The van der Waals surface area contributed by atoms with E-state index in [1.54, 1.807) is 18.0 Å². The first kappa shape index (κ1) is 18.1. The summed E-state index contributed by atoms with van der Waals surface area (Å²) in [6, 6.07) is 10.8. The number of hydrogen-bond donors (Lipinski definition) is 1. The van der Waals surface area contributed by atoms with Crippen molar-refractivity contribution in [2.24, 2.45) is 0 Å². The minimum atomic E-state index is -0.517. The minimum absolute atomic E-state index is 0.517. The number of pyridine rings is 1. The molecule has 31 heavy (non-hydrogen) atoms. The van der Waals surface area contributed by atoms with Crippen molar-refractivity contribution in [2.45, 2.75) is 44.1 Å². The first-order chi connectivity index (χ1) is 15.2. The molecule has 0 saturated heterocycles. The highest BCUT2D eigenvalue weighted by atomic mass is 16.5. The Kier molecular flexibility index (Phi) is 3.90. The molecule has 2 aliphatic rings. The Morgan fingerprint density at radius 3 is 2.87 bits per heavy atom. The van der Waals surface area contributed by atoms with Gasteiger partial charge in [0.25, 0.3) is 0 Å². The number of nitrogens with one attached hydrogen (secondary N) is 1. The first-order valence-corrected chi connectivity index (χ1v) is 10.7. The van der Waals surface area contributed by atoms with Crippen molar-refractivity contribution < 1.29 is 4.74 Å². The predicted molar refractivity (Wildman–Crippen MR) is 117 cm³/mol. The molecule has 0 spiro atoms. The summed E-state index contributed by atoms with van der Waals surface area (Å²) in [4.78, 5) is 5.04. The molecule has 154 valence electrons. The highest BCUT2D eigenvalue weighted by Crippen LogP contribution is 2.41. The Morgan fingerprint density at radius 2 is 2.10 bits per heavy atom. The third-order valence-electron chi connectivity index (χ3n) is 6.80. The quantitative estimate of drug-likeness (QED) is 0.539. The number of aromatic nitrogens is 5. The van der Waals surface area contributed by atoms with Crippen LogP contribution in [-0.4, -0.2) is 32.1 Å². The van der Waals surface area contributed by atoms with Gasteiger partial charge in [-0.15, -0.1) is 0 Å². The summed E-state index contributed by atoms with van der Waals surface area (Å²) in [6.45, 7) is 0. The van der Waals surface area contributed by atoms with Crippen LogP contribution >= 0.6 is 0 Å². The first-order valence-electron chi connectivity index (χ1n) is 10.7. The summed E-state index contributed by atoms with van der Waals surface area (Å²) in [6.07, 6.45) is 9.78. The molecule has 1 fully saturated rings. The molecule has 7 nitrogen and oxygen atoms in total. The molecule has 0 atom stereocenters. The smallest absolute Gasteiger partial charge is 0.148 e. The Bertz CT molecular complexity index is 1350. The molecule has 1 N–H and O–H groups in total. The molecule has 3 heterocycles. The number of nitriles is 1. The van der Waals surface area contributed by atoms with Crippen LogP contribution in [0, 0.1) is 11.3 Å². The molecule has 7 heteroatoms. The minimum Gasteiger partial charge on any atom is -0.494 e. The second kappa shape index (κ2) is 6.67. The number of nitrogens with zero attached hydrogens (tertiary/aromatic N) is 5. The van der Waals surface area contributed by atoms with E-state index >= 15 is 0 Å². The molecule has 2 aliphatic carbocycles. The zero-order chi connectivity index (χ0) is 21.0. The van der Waals surface area contributed by atoms with Crippen LogP contribution in [0.5, 0.6) is 5.75 Å². The lowest BCUT2D eigenvalue weighted by Gasteiger charge is -2.35. The summed E-state index contributed by atoms with van der Waals surface area (Å²) in [5.74, 6) is 0.733. The summed E-state index contributed by atoms with van der Waals surface area (Å²) in [7, 11) is 1.68. The van der Waals surface area contributed by atoms with Crippen LogP contribution in [0.2, 0.25) is 0 Å². The molecule has 0 radical (unpaired) electrons. The highest BCUT2D eigenvalue weighted by molar-refractivity contribution is 5.92. The van der Waals surface area contributed by atoms with Crippen LogP contribution in [0.15, 0.2) is 36.7 Å². The van der Waals surface area contributed by atoms with Crippen molar-refractivity contribution in [3.8, 4) is 34.3 Å². The summed E-state index contributed by atoms with van der Waals surface area (Å²) in [5, 5.41) is 21.8. The van der Waals surface area contributed by atoms with Crippen LogP contribution < -0.4 is 4.74 Å². The Morgan fingerprint density at radius 1 is 1.19 bits per heavy atom. The second-order valence-corrected chi connectivity index (χ2v) is 8.47. The molecule has 0 aliphatic heterocycles. The van der Waals surface area contributed by atoms with Gasteiger partial charge in [0.1, 0.15) is 28.2 Å². The topological polar surface area (TPSA) is 92.4 Å². The van der Waals surface area contributed by atoms with E-state index in [1.807, 2.05) is 12.3 Å². The number of aromatic amines is 1. The monoisotopic (exact) mass is 410 g/mol. The predicted octanol–water partition coefficient (Wildman–Crippen LogP) is 4.39. The zero-order valence-electron chi connectivity index (χ0n) is 17.4. The van der Waals surface area contributed by atoms with Crippen LogP contribution in [0.1, 0.15) is 36.8 Å². The highest BCUT2D eigenvalue weighted by Gasteiger charge is 2.40. The normalized spacial score (nSPS) is 16.6. The van der Waals surface area contributed by atoms with Crippen LogP contribution in [0.3, 0.4) is 0 Å². The molecular formula is C24H22N6O. The summed E-state index contributed by atoms with van der Waals surface area (Å²) < 4.78 is 7.50. The van der Waals surface area contributed by atoms with Crippen LogP contribution in [0.4, 0.5) is 0 Å². The van der Waals surface area contributed by atoms with Crippen molar-refractivity contribution in [1.29, 1.82) is 5.26 Å². The van der Waals surface area contributed by atoms with Gasteiger partial charge in [0.05, 0.1) is 24.9 Å². The van der Waals surface area contributed by atoms with Crippen molar-refractivity contribution in [3.05, 3.63) is 47.8 Å². The fourth-order valence-electron chi connectivity index (χ4n) is 4.90. The van der Waals surface area contributed by atoms with Gasteiger partial charge in [-0.2, -0.15) is 15.5 Å². The Balaban J connectivity index is 1.50. The standard InChI is InChI=1S/C24H22N6O/c1-31-20-11-19-23(27-22(20)18-8-3-6-15-5-2-7-17(15)18)21(29-28-19)16-12-26-30(13-16)24(14-25)9-4-10-24/h3,6,8,11-13H,2,4-5,7,9-10H2,1H3,(H,28,29). The zero-order valence-corrected chi connectivity index (χ0v) is 17.4. The summed E-state index contributed by atoms with van der Waals surface area (Å²) in [5.41, 5.74) is 7.42. The number of methoxy groups -OCH3 is 1. The average molecular weight is 410 g/mol. The third kappa shape index (κ3) is 2.61. The van der Waals surface area contributed by atoms with E-state index in [0.717, 1.165) is 71.4 Å². The molecule has 1 saturated carbocycles. The Labute approximate surface area is 179 Å². The van der Waals surface area contributed by atoms with Gasteiger partial charge in [-0.1, -0.05) is 18.2 Å². The van der Waals surface area contributed by atoms with Crippen molar-refractivity contribution in [1.82, 2.24) is 25.0 Å². The van der Waals surface area contributed by atoms with Gasteiger partial charge < -0.3 is 4.74 Å². The molecule has 0 unspecified atom stereocenters. The molecule has 3 aromatic heterocycles. The van der Waals surface area contributed by atoms with Gasteiger partial charge >= 0.3 is 0 Å². The van der Waals surface area contributed by atoms with Crippen molar-refractivity contribution in [3.63, 3.8) is 0 Å². The third-order valence-corrected chi connectivity index (χ3v) is 6.80. The second-order valence-electron chi connectivity index (χ2n) is 8.47. The number of fused-ring (bicyclic) bond motifs is 2. The van der Waals surface area contributed by atoms with Gasteiger partial charge in [0, 0.05) is 23.4 Å².